The Bertz CT molecular complexity index is 1290. The van der Waals surface area contributed by atoms with Gasteiger partial charge in [-0.3, -0.25) is 18.3 Å². The van der Waals surface area contributed by atoms with Gasteiger partial charge in [-0.1, -0.05) is 30.3 Å². The molecule has 4 rings (SSSR count). The average Bonchev–Trinajstić information content (AvgIpc) is 3.16. The van der Waals surface area contributed by atoms with Gasteiger partial charge >= 0.3 is 5.69 Å². The van der Waals surface area contributed by atoms with E-state index in [-0.39, 0.29) is 16.9 Å². The smallest absolute Gasteiger partial charge is 0.332 e. The van der Waals surface area contributed by atoms with Crippen LogP contribution in [-0.4, -0.2) is 29.1 Å². The first-order valence-corrected chi connectivity index (χ1v) is 7.82. The monoisotopic (exact) mass is 352 g/mol. The van der Waals surface area contributed by atoms with E-state index in [1.807, 2.05) is 30.3 Å². The molecule has 0 spiro atoms. The van der Waals surface area contributed by atoms with Crippen LogP contribution in [0.4, 0.5) is 0 Å². The standard InChI is InChI=1S/C17H15N5O4/c1-19-14-13(15(25)20(2)17(19)26)22-8-11(10-6-4-3-5-7-10)21(9-12(23)24)16(22)18-14/h3-8H,9H2,1-2H3,(H,23,24)/p-1. The summed E-state index contributed by atoms with van der Waals surface area (Å²) < 4.78 is 5.22. The Kier molecular flexibility index (Phi) is 3.33. The summed E-state index contributed by atoms with van der Waals surface area (Å²) in [6.45, 7) is -0.432. The fourth-order valence-electron chi connectivity index (χ4n) is 3.14. The summed E-state index contributed by atoms with van der Waals surface area (Å²) in [5, 5.41) is 11.3. The van der Waals surface area contributed by atoms with E-state index in [4.69, 9.17) is 0 Å². The van der Waals surface area contributed by atoms with Crippen LogP contribution in [0.3, 0.4) is 0 Å². The molecule has 0 radical (unpaired) electrons. The molecule has 3 heterocycles. The van der Waals surface area contributed by atoms with Crippen LogP contribution in [0.5, 0.6) is 0 Å². The zero-order valence-electron chi connectivity index (χ0n) is 14.0. The number of carbonyl (C=O) groups excluding carboxylic acids is 1. The van der Waals surface area contributed by atoms with Crippen molar-refractivity contribution in [3.63, 3.8) is 0 Å². The van der Waals surface area contributed by atoms with Crippen molar-refractivity contribution in [2.24, 2.45) is 14.1 Å². The second kappa shape index (κ2) is 5.45. The third kappa shape index (κ3) is 2.10. The van der Waals surface area contributed by atoms with Crippen molar-refractivity contribution < 1.29 is 9.90 Å². The lowest BCUT2D eigenvalue weighted by atomic mass is 10.2. The number of carbonyl (C=O) groups is 1. The third-order valence-electron chi connectivity index (χ3n) is 4.41. The number of rotatable bonds is 3. The number of benzene rings is 1. The van der Waals surface area contributed by atoms with Gasteiger partial charge in [0.05, 0.1) is 18.2 Å². The lowest BCUT2D eigenvalue weighted by Gasteiger charge is -2.09. The minimum Gasteiger partial charge on any atom is -0.548 e. The molecule has 0 atom stereocenters. The van der Waals surface area contributed by atoms with Crippen LogP contribution in [-0.2, 0) is 25.4 Å². The minimum absolute atomic E-state index is 0.194. The summed E-state index contributed by atoms with van der Waals surface area (Å²) in [7, 11) is 2.90. The highest BCUT2D eigenvalue weighted by Gasteiger charge is 2.20. The summed E-state index contributed by atoms with van der Waals surface area (Å²) in [5.74, 6) is -1.03. The molecule has 0 saturated heterocycles. The minimum atomic E-state index is -1.28. The van der Waals surface area contributed by atoms with Crippen LogP contribution in [0, 0.1) is 0 Å². The summed E-state index contributed by atoms with van der Waals surface area (Å²) in [5.41, 5.74) is 0.752. The number of aryl methyl sites for hydroxylation is 1. The molecular formula is C17H14N5O4-. The topological polar surface area (TPSA) is 106 Å². The molecule has 132 valence electrons. The fourth-order valence-corrected chi connectivity index (χ4v) is 3.14. The number of nitrogens with zero attached hydrogens (tertiary/aromatic N) is 5. The lowest BCUT2D eigenvalue weighted by molar-refractivity contribution is -0.306. The Hall–Kier alpha value is -3.62. The molecule has 9 nitrogen and oxygen atoms in total. The van der Waals surface area contributed by atoms with E-state index in [1.165, 1.54) is 27.6 Å². The van der Waals surface area contributed by atoms with E-state index in [9.17, 15) is 19.5 Å². The van der Waals surface area contributed by atoms with Gasteiger partial charge in [0.25, 0.3) is 5.56 Å². The third-order valence-corrected chi connectivity index (χ3v) is 4.41. The van der Waals surface area contributed by atoms with Gasteiger partial charge < -0.3 is 14.5 Å². The number of hydrogen-bond acceptors (Lipinski definition) is 5. The van der Waals surface area contributed by atoms with Gasteiger partial charge in [0.2, 0.25) is 5.78 Å². The van der Waals surface area contributed by atoms with E-state index in [2.05, 4.69) is 4.98 Å². The predicted octanol–water partition coefficient (Wildman–Crippen LogP) is -0.897. The van der Waals surface area contributed by atoms with Gasteiger partial charge in [0.15, 0.2) is 11.2 Å². The van der Waals surface area contributed by atoms with Gasteiger partial charge in [0.1, 0.15) is 0 Å². The molecule has 0 bridgehead atoms. The quantitative estimate of drug-likeness (QED) is 0.475. The van der Waals surface area contributed by atoms with Crippen molar-refractivity contribution in [3.05, 3.63) is 57.4 Å². The number of carboxylic acids is 1. The Balaban J connectivity index is 2.17. The average molecular weight is 352 g/mol. The Morgan fingerprint density at radius 1 is 1.12 bits per heavy atom. The van der Waals surface area contributed by atoms with Crippen LogP contribution < -0.4 is 16.4 Å². The molecule has 0 aliphatic heterocycles. The number of aliphatic carboxylic acids is 1. The van der Waals surface area contributed by atoms with Gasteiger partial charge in [-0.15, -0.1) is 0 Å². The van der Waals surface area contributed by atoms with E-state index < -0.39 is 23.8 Å². The molecule has 0 unspecified atom stereocenters. The molecule has 0 aliphatic carbocycles. The largest absolute Gasteiger partial charge is 0.548 e. The molecule has 0 fully saturated rings. The maximum atomic E-state index is 12.6. The number of fused-ring (bicyclic) bond motifs is 3. The van der Waals surface area contributed by atoms with Crippen molar-refractivity contribution in [2.75, 3.05) is 0 Å². The van der Waals surface area contributed by atoms with E-state index >= 15 is 0 Å². The molecule has 0 aliphatic rings. The maximum Gasteiger partial charge on any atom is 0.332 e. The molecule has 26 heavy (non-hydrogen) atoms. The summed E-state index contributed by atoms with van der Waals surface area (Å²) in [6, 6.07) is 9.17. The summed E-state index contributed by atoms with van der Waals surface area (Å²) in [4.78, 5) is 40.3. The van der Waals surface area contributed by atoms with E-state index in [1.54, 1.807) is 6.20 Å². The molecular weight excluding hydrogens is 338 g/mol. The predicted molar refractivity (Wildman–Crippen MR) is 91.6 cm³/mol. The molecule has 0 saturated carbocycles. The highest BCUT2D eigenvalue weighted by atomic mass is 16.4. The summed E-state index contributed by atoms with van der Waals surface area (Å²) in [6.07, 6.45) is 1.65. The zero-order chi connectivity index (χ0) is 18.6. The van der Waals surface area contributed by atoms with Crippen LogP contribution in [0.2, 0.25) is 0 Å². The van der Waals surface area contributed by atoms with E-state index in [0.29, 0.717) is 5.69 Å². The molecule has 1 aromatic carbocycles. The number of imidazole rings is 2. The van der Waals surface area contributed by atoms with Gasteiger partial charge in [0, 0.05) is 20.3 Å². The van der Waals surface area contributed by atoms with Crippen molar-refractivity contribution in [3.8, 4) is 11.3 Å². The summed E-state index contributed by atoms with van der Waals surface area (Å²) >= 11 is 0. The Labute approximate surface area is 146 Å². The van der Waals surface area contributed by atoms with Crippen molar-refractivity contribution in [1.82, 2.24) is 23.1 Å². The SMILES string of the molecule is Cn1c(=O)c2c(nc3n(CC(=O)[O-])c(-c4ccccc4)cn23)n(C)c1=O. The normalized spacial score (nSPS) is 11.5. The number of carboxylic acid groups (broad SMARTS) is 1. The van der Waals surface area contributed by atoms with Crippen LogP contribution in [0.15, 0.2) is 46.1 Å². The second-order valence-electron chi connectivity index (χ2n) is 6.00. The van der Waals surface area contributed by atoms with Crippen LogP contribution >= 0.6 is 0 Å². The van der Waals surface area contributed by atoms with E-state index in [0.717, 1.165) is 10.1 Å². The van der Waals surface area contributed by atoms with Crippen molar-refractivity contribution in [1.29, 1.82) is 0 Å². The molecule has 3 aromatic heterocycles. The second-order valence-corrected chi connectivity index (χ2v) is 6.00. The van der Waals surface area contributed by atoms with Crippen molar-refractivity contribution in [2.45, 2.75) is 6.54 Å². The Morgan fingerprint density at radius 2 is 1.81 bits per heavy atom. The highest BCUT2D eigenvalue weighted by molar-refractivity contribution is 5.79. The fraction of sp³-hybridized carbons (Fsp3) is 0.176. The Morgan fingerprint density at radius 3 is 2.46 bits per heavy atom. The maximum absolute atomic E-state index is 12.6. The van der Waals surface area contributed by atoms with Crippen LogP contribution in [0.25, 0.3) is 28.2 Å². The molecule has 9 heteroatoms. The first-order chi connectivity index (χ1) is 12.4. The van der Waals surface area contributed by atoms with Gasteiger partial charge in [-0.2, -0.15) is 4.98 Å². The first kappa shape index (κ1) is 15.9. The van der Waals surface area contributed by atoms with Gasteiger partial charge in [-0.25, -0.2) is 4.79 Å². The van der Waals surface area contributed by atoms with Gasteiger partial charge in [-0.05, 0) is 5.56 Å². The molecule has 0 amide bonds. The lowest BCUT2D eigenvalue weighted by Crippen LogP contribution is -2.37. The number of hydrogen-bond donors (Lipinski definition) is 0. The van der Waals surface area contributed by atoms with Crippen molar-refractivity contribution >= 4 is 22.9 Å². The zero-order valence-corrected chi connectivity index (χ0v) is 14.0. The first-order valence-electron chi connectivity index (χ1n) is 7.82. The van der Waals surface area contributed by atoms with Crippen LogP contribution in [0.1, 0.15) is 0 Å². The molecule has 4 aromatic rings. The highest BCUT2D eigenvalue weighted by Crippen LogP contribution is 2.25. The molecule has 0 N–H and O–H groups in total. The number of aromatic nitrogens is 5.